The molecule has 0 aliphatic heterocycles. The van der Waals surface area contributed by atoms with Crippen molar-refractivity contribution in [1.29, 1.82) is 0 Å². The fourth-order valence-electron chi connectivity index (χ4n) is 8.04. The van der Waals surface area contributed by atoms with Gasteiger partial charge >= 0.3 is 0 Å². The molecular weight excluding hydrogens is 587 g/mol. The Labute approximate surface area is 275 Å². The van der Waals surface area contributed by atoms with E-state index in [0.717, 1.165) is 21.5 Å². The van der Waals surface area contributed by atoms with E-state index in [2.05, 4.69) is 116 Å². The van der Waals surface area contributed by atoms with Crippen LogP contribution in [0, 0.1) is 0 Å². The summed E-state index contributed by atoms with van der Waals surface area (Å²) < 4.78 is 15.7. The van der Waals surface area contributed by atoms with Crippen molar-refractivity contribution in [3.8, 4) is 33.4 Å². The summed E-state index contributed by atoms with van der Waals surface area (Å²) in [5.74, 6) is 0. The van der Waals surface area contributed by atoms with Gasteiger partial charge in [-0.2, -0.15) is 0 Å². The molecular formula is C45H31OP. The maximum absolute atomic E-state index is 15.7. The van der Waals surface area contributed by atoms with Gasteiger partial charge < -0.3 is 4.57 Å². The smallest absolute Gasteiger partial charge is 0.171 e. The zero-order valence-electron chi connectivity index (χ0n) is 25.8. The maximum atomic E-state index is 15.7. The van der Waals surface area contributed by atoms with E-state index in [1.54, 1.807) is 0 Å². The lowest BCUT2D eigenvalue weighted by Crippen LogP contribution is -2.29. The van der Waals surface area contributed by atoms with Crippen molar-refractivity contribution in [3.63, 3.8) is 0 Å². The van der Waals surface area contributed by atoms with Crippen molar-refractivity contribution in [1.82, 2.24) is 0 Å². The Morgan fingerprint density at radius 1 is 0.426 bits per heavy atom. The van der Waals surface area contributed by atoms with Gasteiger partial charge in [-0.15, -0.1) is 0 Å². The number of fused-ring (bicyclic) bond motifs is 10. The van der Waals surface area contributed by atoms with E-state index in [4.69, 9.17) is 0 Å². The van der Waals surface area contributed by atoms with E-state index < -0.39 is 12.6 Å². The molecule has 0 bridgehead atoms. The molecule has 7 aromatic carbocycles. The molecule has 1 nitrogen and oxygen atoms in total. The summed E-state index contributed by atoms with van der Waals surface area (Å²) in [5.41, 5.74) is 12.8. The summed E-state index contributed by atoms with van der Waals surface area (Å²) in [7, 11) is -3.20. The Hall–Kier alpha value is -5.49. The first-order valence-corrected chi connectivity index (χ1v) is 17.8. The molecule has 2 aliphatic rings. The Kier molecular flexibility index (Phi) is 6.22. The molecule has 0 amide bonds. The van der Waals surface area contributed by atoms with Crippen molar-refractivity contribution in [2.24, 2.45) is 0 Å². The molecule has 9 rings (SSSR count). The largest absolute Gasteiger partial charge is 0.309 e. The molecule has 0 saturated carbocycles. The SMILES string of the molecule is C=Cc1ccc(-c2ccc3c(c2)C2(c4ccccc4-3)c3ccccc3-c3ccc(P(=O)(c4ccccc4)c4ccccc4)cc32)cc1. The molecule has 1 atom stereocenters. The Balaban J connectivity index is 1.36. The highest BCUT2D eigenvalue weighted by molar-refractivity contribution is 7.85. The van der Waals surface area contributed by atoms with Gasteiger partial charge in [0.05, 0.1) is 5.41 Å². The zero-order valence-corrected chi connectivity index (χ0v) is 26.7. The van der Waals surface area contributed by atoms with E-state index in [-0.39, 0.29) is 0 Å². The van der Waals surface area contributed by atoms with Gasteiger partial charge in [0.2, 0.25) is 0 Å². The number of hydrogen-bond acceptors (Lipinski definition) is 1. The summed E-state index contributed by atoms with van der Waals surface area (Å²) in [6, 6.07) is 59.8. The van der Waals surface area contributed by atoms with Gasteiger partial charge in [0.25, 0.3) is 0 Å². The Morgan fingerprint density at radius 3 is 1.47 bits per heavy atom. The van der Waals surface area contributed by atoms with Gasteiger partial charge in [-0.25, -0.2) is 0 Å². The summed E-state index contributed by atoms with van der Waals surface area (Å²) in [5, 5.41) is 2.53. The molecule has 47 heavy (non-hydrogen) atoms. The third kappa shape index (κ3) is 3.88. The van der Waals surface area contributed by atoms with Crippen molar-refractivity contribution in [2.75, 3.05) is 0 Å². The lowest BCUT2D eigenvalue weighted by atomic mass is 9.70. The van der Waals surface area contributed by atoms with Crippen LogP contribution in [0.4, 0.5) is 0 Å². The van der Waals surface area contributed by atoms with Gasteiger partial charge in [0.1, 0.15) is 0 Å². The Morgan fingerprint density at radius 2 is 0.894 bits per heavy atom. The quantitative estimate of drug-likeness (QED) is 0.176. The highest BCUT2D eigenvalue weighted by Crippen LogP contribution is 2.63. The third-order valence-electron chi connectivity index (χ3n) is 10.2. The first-order chi connectivity index (χ1) is 23.1. The van der Waals surface area contributed by atoms with Gasteiger partial charge in [0.15, 0.2) is 7.14 Å². The first-order valence-electron chi connectivity index (χ1n) is 16.1. The van der Waals surface area contributed by atoms with Crippen molar-refractivity contribution < 1.29 is 4.57 Å². The van der Waals surface area contributed by atoms with Gasteiger partial charge in [-0.3, -0.25) is 0 Å². The highest BCUT2D eigenvalue weighted by atomic mass is 31.2. The molecule has 0 N–H and O–H groups in total. The molecule has 2 heteroatoms. The van der Waals surface area contributed by atoms with E-state index in [1.165, 1.54) is 55.6 Å². The van der Waals surface area contributed by atoms with Crippen LogP contribution in [0.15, 0.2) is 176 Å². The minimum absolute atomic E-state index is 0.552. The predicted molar refractivity (Wildman–Crippen MR) is 198 cm³/mol. The van der Waals surface area contributed by atoms with Gasteiger partial charge in [-0.05, 0) is 73.3 Å². The monoisotopic (exact) mass is 618 g/mol. The summed E-state index contributed by atoms with van der Waals surface area (Å²) in [4.78, 5) is 0. The second kappa shape index (κ2) is 10.5. The van der Waals surface area contributed by atoms with Crippen LogP contribution in [-0.2, 0) is 9.98 Å². The standard InChI is InChI=1S/C45H31OP/c1-2-31-21-23-32(24-22-31)33-25-27-39-37-17-9-11-19-41(37)45(43(39)29-33)42-20-12-10-18-38(42)40-28-26-36(30-44(40)45)47(46,34-13-5-3-6-14-34)35-15-7-4-8-16-35/h2-30H,1H2. The second-order valence-corrected chi connectivity index (χ2v) is 15.2. The average molecular weight is 619 g/mol. The van der Waals surface area contributed by atoms with E-state index in [9.17, 15) is 0 Å². The third-order valence-corrected chi connectivity index (χ3v) is 13.2. The number of hydrogen-bond donors (Lipinski definition) is 0. The summed E-state index contributed by atoms with van der Waals surface area (Å²) in [6.07, 6.45) is 1.88. The minimum Gasteiger partial charge on any atom is -0.309 e. The molecule has 0 fully saturated rings. The molecule has 1 spiro atoms. The minimum atomic E-state index is -3.20. The molecule has 222 valence electrons. The van der Waals surface area contributed by atoms with Gasteiger partial charge in [-0.1, -0.05) is 170 Å². The van der Waals surface area contributed by atoms with Crippen LogP contribution in [0.5, 0.6) is 0 Å². The highest BCUT2D eigenvalue weighted by Gasteiger charge is 2.52. The van der Waals surface area contributed by atoms with Crippen LogP contribution in [0.25, 0.3) is 39.5 Å². The van der Waals surface area contributed by atoms with Crippen LogP contribution in [0.3, 0.4) is 0 Å². The number of rotatable bonds is 5. The van der Waals surface area contributed by atoms with Crippen LogP contribution >= 0.6 is 7.14 Å². The van der Waals surface area contributed by atoms with E-state index in [1.807, 2.05) is 66.7 Å². The van der Waals surface area contributed by atoms with Crippen LogP contribution in [-0.4, -0.2) is 0 Å². The van der Waals surface area contributed by atoms with E-state index in [0.29, 0.717) is 0 Å². The first kappa shape index (κ1) is 27.8. The molecule has 0 radical (unpaired) electrons. The van der Waals surface area contributed by atoms with Gasteiger partial charge in [0, 0.05) is 15.9 Å². The lowest BCUT2D eigenvalue weighted by Gasteiger charge is -2.31. The summed E-state index contributed by atoms with van der Waals surface area (Å²) >= 11 is 0. The van der Waals surface area contributed by atoms with Crippen LogP contribution in [0.2, 0.25) is 0 Å². The predicted octanol–water partition coefficient (Wildman–Crippen LogP) is 9.98. The normalized spacial score (nSPS) is 15.5. The Bertz CT molecular complexity index is 2330. The second-order valence-electron chi connectivity index (χ2n) is 12.4. The molecule has 0 saturated heterocycles. The maximum Gasteiger partial charge on any atom is 0.171 e. The van der Waals surface area contributed by atoms with Crippen LogP contribution in [0.1, 0.15) is 27.8 Å². The fraction of sp³-hybridized carbons (Fsp3) is 0.0222. The molecule has 7 aromatic rings. The zero-order chi connectivity index (χ0) is 31.6. The van der Waals surface area contributed by atoms with Crippen molar-refractivity contribution in [3.05, 3.63) is 204 Å². The summed E-state index contributed by atoms with van der Waals surface area (Å²) in [6.45, 7) is 3.94. The van der Waals surface area contributed by atoms with Crippen molar-refractivity contribution in [2.45, 2.75) is 5.41 Å². The average Bonchev–Trinajstić information content (AvgIpc) is 3.62. The van der Waals surface area contributed by atoms with Crippen LogP contribution < -0.4 is 15.9 Å². The topological polar surface area (TPSA) is 17.1 Å². The molecule has 0 aromatic heterocycles. The molecule has 0 heterocycles. The number of benzene rings is 7. The molecule has 2 aliphatic carbocycles. The fourth-order valence-corrected chi connectivity index (χ4v) is 10.7. The lowest BCUT2D eigenvalue weighted by molar-refractivity contribution is 0.592. The van der Waals surface area contributed by atoms with E-state index >= 15 is 4.57 Å². The molecule has 1 unspecified atom stereocenters. The van der Waals surface area contributed by atoms with Crippen molar-refractivity contribution >= 4 is 29.1 Å².